The van der Waals surface area contributed by atoms with Crippen LogP contribution in [0.15, 0.2) is 66.0 Å². The van der Waals surface area contributed by atoms with Crippen LogP contribution in [0.25, 0.3) is 16.9 Å². The highest BCUT2D eigenvalue weighted by atomic mass is 32.1. The summed E-state index contributed by atoms with van der Waals surface area (Å²) in [6, 6.07) is 11.1. The lowest BCUT2D eigenvalue weighted by Gasteiger charge is -2.11. The van der Waals surface area contributed by atoms with Gasteiger partial charge in [0.15, 0.2) is 17.0 Å². The Kier molecular flexibility index (Phi) is 5.14. The Bertz CT molecular complexity index is 1370. The molecule has 4 aromatic heterocycles. The largest absolute Gasteiger partial charge is 0.338 e. The van der Waals surface area contributed by atoms with E-state index in [-0.39, 0.29) is 5.91 Å². The smallest absolute Gasteiger partial charge is 0.232 e. The normalized spacial score (nSPS) is 10.8. The summed E-state index contributed by atoms with van der Waals surface area (Å²) in [4.78, 5) is 33.2. The summed E-state index contributed by atoms with van der Waals surface area (Å²) in [6.45, 7) is 1.47. The summed E-state index contributed by atoms with van der Waals surface area (Å²) in [7, 11) is 0. The summed E-state index contributed by atoms with van der Waals surface area (Å²) in [5.41, 5.74) is 3.73. The van der Waals surface area contributed by atoms with Gasteiger partial charge in [0.1, 0.15) is 18.5 Å². The fraction of sp³-hybridized carbons (Fsp3) is 0.0476. The minimum atomic E-state index is -0.123. The predicted octanol–water partition coefficient (Wildman–Crippen LogP) is 4.11. The SMILES string of the molecule is CC(=O)Nc1ccc(Nc2nc(Nc3ccncn3)nc3c2ncn3-c2ccsc2)cc1. The van der Waals surface area contributed by atoms with Crippen molar-refractivity contribution in [3.8, 4) is 5.69 Å². The van der Waals surface area contributed by atoms with Gasteiger partial charge in [-0.3, -0.25) is 9.36 Å². The van der Waals surface area contributed by atoms with E-state index in [1.165, 1.54) is 13.3 Å². The number of carbonyl (C=O) groups excluding carboxylic acids is 1. The second-order valence-corrected chi connectivity index (χ2v) is 7.55. The van der Waals surface area contributed by atoms with Gasteiger partial charge in [-0.25, -0.2) is 15.0 Å². The van der Waals surface area contributed by atoms with Crippen molar-refractivity contribution in [3.05, 3.63) is 66.0 Å². The number of hydrogen-bond donors (Lipinski definition) is 3. The predicted molar refractivity (Wildman–Crippen MR) is 124 cm³/mol. The molecule has 0 aliphatic rings. The van der Waals surface area contributed by atoms with Crippen LogP contribution in [-0.2, 0) is 4.79 Å². The topological polar surface area (TPSA) is 123 Å². The lowest BCUT2D eigenvalue weighted by atomic mass is 10.2. The molecule has 0 aliphatic carbocycles. The van der Waals surface area contributed by atoms with Gasteiger partial charge < -0.3 is 16.0 Å². The molecule has 4 heterocycles. The number of anilines is 5. The van der Waals surface area contributed by atoms with Gasteiger partial charge >= 0.3 is 0 Å². The molecule has 0 fully saturated rings. The molecule has 158 valence electrons. The number of aromatic nitrogens is 6. The van der Waals surface area contributed by atoms with Crippen LogP contribution in [0.3, 0.4) is 0 Å². The van der Waals surface area contributed by atoms with Crippen molar-refractivity contribution in [1.82, 2.24) is 29.5 Å². The molecule has 0 radical (unpaired) electrons. The Balaban J connectivity index is 1.55. The van der Waals surface area contributed by atoms with Crippen LogP contribution in [0.4, 0.5) is 29.0 Å². The highest BCUT2D eigenvalue weighted by Crippen LogP contribution is 2.28. The summed E-state index contributed by atoms with van der Waals surface area (Å²) in [5.74, 6) is 1.35. The third-order valence-electron chi connectivity index (χ3n) is 4.47. The van der Waals surface area contributed by atoms with Crippen LogP contribution in [-0.4, -0.2) is 35.4 Å². The Labute approximate surface area is 186 Å². The lowest BCUT2D eigenvalue weighted by Crippen LogP contribution is -2.06. The minimum absolute atomic E-state index is 0.123. The molecule has 3 N–H and O–H groups in total. The third-order valence-corrected chi connectivity index (χ3v) is 5.14. The van der Waals surface area contributed by atoms with Gasteiger partial charge in [-0.1, -0.05) is 0 Å². The molecule has 1 aromatic carbocycles. The first-order valence-electron chi connectivity index (χ1n) is 9.61. The number of amides is 1. The highest BCUT2D eigenvalue weighted by Gasteiger charge is 2.15. The molecule has 0 saturated heterocycles. The molecule has 10 nitrogen and oxygen atoms in total. The molecule has 5 rings (SSSR count). The van der Waals surface area contributed by atoms with Crippen molar-refractivity contribution in [2.45, 2.75) is 6.92 Å². The van der Waals surface area contributed by atoms with Gasteiger partial charge in [0.2, 0.25) is 11.9 Å². The maximum Gasteiger partial charge on any atom is 0.232 e. The Morgan fingerprint density at radius 2 is 1.84 bits per heavy atom. The van der Waals surface area contributed by atoms with Crippen LogP contribution >= 0.6 is 11.3 Å². The van der Waals surface area contributed by atoms with E-state index in [0.29, 0.717) is 34.4 Å². The number of nitrogens with one attached hydrogen (secondary N) is 3. The summed E-state index contributed by atoms with van der Waals surface area (Å²) in [6.07, 6.45) is 4.81. The molecule has 1 amide bonds. The lowest BCUT2D eigenvalue weighted by molar-refractivity contribution is -0.114. The number of fused-ring (bicyclic) bond motifs is 1. The van der Waals surface area contributed by atoms with Crippen molar-refractivity contribution < 1.29 is 4.79 Å². The van der Waals surface area contributed by atoms with Crippen molar-refractivity contribution >= 4 is 57.4 Å². The van der Waals surface area contributed by atoms with Gasteiger partial charge in [-0.15, -0.1) is 0 Å². The zero-order valence-electron chi connectivity index (χ0n) is 16.9. The summed E-state index contributed by atoms with van der Waals surface area (Å²) < 4.78 is 1.91. The van der Waals surface area contributed by atoms with Crippen LogP contribution in [0, 0.1) is 0 Å². The molecule has 0 aliphatic heterocycles. The molecule has 11 heteroatoms. The second kappa shape index (κ2) is 8.40. The number of benzene rings is 1. The van der Waals surface area contributed by atoms with Gasteiger partial charge in [0.05, 0.1) is 5.69 Å². The van der Waals surface area contributed by atoms with Crippen LogP contribution in [0.5, 0.6) is 0 Å². The number of rotatable bonds is 6. The second-order valence-electron chi connectivity index (χ2n) is 6.77. The quantitative estimate of drug-likeness (QED) is 0.358. The molecule has 0 spiro atoms. The highest BCUT2D eigenvalue weighted by molar-refractivity contribution is 7.08. The van der Waals surface area contributed by atoms with Gasteiger partial charge in [-0.2, -0.15) is 21.3 Å². The molecule has 0 atom stereocenters. The zero-order chi connectivity index (χ0) is 21.9. The van der Waals surface area contributed by atoms with E-state index in [1.807, 2.05) is 45.7 Å². The van der Waals surface area contributed by atoms with Crippen molar-refractivity contribution in [2.75, 3.05) is 16.0 Å². The maximum absolute atomic E-state index is 11.3. The Hall–Kier alpha value is -4.38. The molecular weight excluding hydrogens is 426 g/mol. The maximum atomic E-state index is 11.3. The van der Waals surface area contributed by atoms with Crippen molar-refractivity contribution in [1.29, 1.82) is 0 Å². The van der Waals surface area contributed by atoms with E-state index in [2.05, 4.69) is 40.9 Å². The first kappa shape index (κ1) is 19.6. The fourth-order valence-corrected chi connectivity index (χ4v) is 3.71. The first-order chi connectivity index (χ1) is 15.7. The zero-order valence-corrected chi connectivity index (χ0v) is 17.7. The standard InChI is InChI=1S/C21H17N9OS/c1-13(31)25-14-2-4-15(5-3-14)26-19-18-20(30(12-24-18)16-7-9-32-10-16)29-21(28-19)27-17-6-8-22-11-23-17/h2-12H,1H3,(H,25,31)(H2,22,23,26,27,28,29). The third kappa shape index (κ3) is 4.09. The van der Waals surface area contributed by atoms with Crippen LogP contribution in [0.2, 0.25) is 0 Å². The number of thiophene rings is 1. The Morgan fingerprint density at radius 3 is 2.56 bits per heavy atom. The van der Waals surface area contributed by atoms with Crippen LogP contribution < -0.4 is 16.0 Å². The molecule has 0 unspecified atom stereocenters. The average Bonchev–Trinajstić information content (AvgIpc) is 3.45. The molecule has 0 saturated carbocycles. The van der Waals surface area contributed by atoms with E-state index >= 15 is 0 Å². The van der Waals surface area contributed by atoms with E-state index in [4.69, 9.17) is 0 Å². The van der Waals surface area contributed by atoms with E-state index in [9.17, 15) is 4.79 Å². The molecule has 32 heavy (non-hydrogen) atoms. The minimum Gasteiger partial charge on any atom is -0.338 e. The van der Waals surface area contributed by atoms with Crippen LogP contribution in [0.1, 0.15) is 6.92 Å². The first-order valence-corrected chi connectivity index (χ1v) is 10.6. The monoisotopic (exact) mass is 443 g/mol. The Morgan fingerprint density at radius 1 is 1.00 bits per heavy atom. The van der Waals surface area contributed by atoms with E-state index in [0.717, 1.165) is 11.4 Å². The van der Waals surface area contributed by atoms with Gasteiger partial charge in [-0.05, 0) is 41.8 Å². The van der Waals surface area contributed by atoms with E-state index in [1.54, 1.807) is 29.9 Å². The van der Waals surface area contributed by atoms with E-state index < -0.39 is 0 Å². The molecule has 5 aromatic rings. The number of hydrogen-bond acceptors (Lipinski definition) is 9. The molecule has 0 bridgehead atoms. The molecular formula is C21H17N9OS. The summed E-state index contributed by atoms with van der Waals surface area (Å²) >= 11 is 1.60. The number of nitrogens with zero attached hydrogens (tertiary/aromatic N) is 6. The van der Waals surface area contributed by atoms with Gasteiger partial charge in [0.25, 0.3) is 0 Å². The fourth-order valence-electron chi connectivity index (χ4n) is 3.08. The van der Waals surface area contributed by atoms with Crippen molar-refractivity contribution in [2.24, 2.45) is 0 Å². The van der Waals surface area contributed by atoms with Gasteiger partial charge in [0, 0.05) is 29.9 Å². The summed E-state index contributed by atoms with van der Waals surface area (Å²) in [5, 5.41) is 13.2. The number of carbonyl (C=O) groups is 1. The average molecular weight is 443 g/mol. The van der Waals surface area contributed by atoms with Crippen molar-refractivity contribution in [3.63, 3.8) is 0 Å². The number of imidazole rings is 1.